The first-order valence-corrected chi connectivity index (χ1v) is 7.14. The highest BCUT2D eigenvalue weighted by Crippen LogP contribution is 2.31. The van der Waals surface area contributed by atoms with Crippen molar-refractivity contribution in [3.8, 4) is 0 Å². The zero-order valence-electron chi connectivity index (χ0n) is 9.47. The van der Waals surface area contributed by atoms with Gasteiger partial charge < -0.3 is 10.6 Å². The standard InChI is InChI=1S/C12H14Br2N2O/c1-7(8-5-15-6-8)12(17)16-11-9(13)3-2-4-10(11)14/h2-4,7-8,15H,5-6H2,1H3,(H,16,17). The van der Waals surface area contributed by atoms with Crippen LogP contribution >= 0.6 is 31.9 Å². The molecule has 0 spiro atoms. The van der Waals surface area contributed by atoms with Gasteiger partial charge in [0.15, 0.2) is 0 Å². The van der Waals surface area contributed by atoms with Crippen molar-refractivity contribution >= 4 is 43.5 Å². The molecule has 2 N–H and O–H groups in total. The lowest BCUT2D eigenvalue weighted by molar-refractivity contribution is -0.121. The van der Waals surface area contributed by atoms with Crippen LogP contribution in [0.1, 0.15) is 6.92 Å². The Bertz CT molecular complexity index is 412. The van der Waals surface area contributed by atoms with Crippen molar-refractivity contribution in [3.05, 3.63) is 27.1 Å². The van der Waals surface area contributed by atoms with Crippen LogP contribution in [0.5, 0.6) is 0 Å². The largest absolute Gasteiger partial charge is 0.324 e. The number of para-hydroxylation sites is 1. The maximum Gasteiger partial charge on any atom is 0.227 e. The number of hydrogen-bond acceptors (Lipinski definition) is 2. The van der Waals surface area contributed by atoms with E-state index in [4.69, 9.17) is 0 Å². The topological polar surface area (TPSA) is 41.1 Å². The molecule has 1 saturated heterocycles. The van der Waals surface area contributed by atoms with Crippen LogP contribution < -0.4 is 10.6 Å². The Hall–Kier alpha value is -0.390. The zero-order valence-corrected chi connectivity index (χ0v) is 12.6. The summed E-state index contributed by atoms with van der Waals surface area (Å²) in [6.07, 6.45) is 0. The van der Waals surface area contributed by atoms with Gasteiger partial charge in [-0.2, -0.15) is 0 Å². The number of halogens is 2. The molecule has 0 bridgehead atoms. The Morgan fingerprint density at radius 3 is 2.47 bits per heavy atom. The van der Waals surface area contributed by atoms with Crippen LogP contribution in [-0.2, 0) is 4.79 Å². The zero-order chi connectivity index (χ0) is 12.4. The molecular formula is C12H14Br2N2O. The second-order valence-electron chi connectivity index (χ2n) is 4.29. The first kappa shape index (κ1) is 13.1. The van der Waals surface area contributed by atoms with Crippen LogP contribution in [0.2, 0.25) is 0 Å². The van der Waals surface area contributed by atoms with Crippen LogP contribution in [0.15, 0.2) is 27.1 Å². The average Bonchev–Trinajstić information content (AvgIpc) is 2.21. The lowest BCUT2D eigenvalue weighted by Gasteiger charge is -2.31. The van der Waals surface area contributed by atoms with E-state index in [0.717, 1.165) is 27.7 Å². The Balaban J connectivity index is 2.07. The first-order valence-electron chi connectivity index (χ1n) is 5.55. The van der Waals surface area contributed by atoms with Gasteiger partial charge in [0.1, 0.15) is 0 Å². The molecule has 1 unspecified atom stereocenters. The van der Waals surface area contributed by atoms with Crippen molar-refractivity contribution in [1.82, 2.24) is 5.32 Å². The monoisotopic (exact) mass is 360 g/mol. The van der Waals surface area contributed by atoms with Gasteiger partial charge in [-0.1, -0.05) is 13.0 Å². The Morgan fingerprint density at radius 1 is 1.41 bits per heavy atom. The van der Waals surface area contributed by atoms with Gasteiger partial charge in [-0.3, -0.25) is 4.79 Å². The van der Waals surface area contributed by atoms with E-state index < -0.39 is 0 Å². The van der Waals surface area contributed by atoms with Gasteiger partial charge in [0, 0.05) is 14.9 Å². The molecule has 0 saturated carbocycles. The van der Waals surface area contributed by atoms with Crippen molar-refractivity contribution in [2.24, 2.45) is 11.8 Å². The van der Waals surface area contributed by atoms with Crippen LogP contribution in [0, 0.1) is 11.8 Å². The molecule has 92 valence electrons. The molecule has 2 rings (SSSR count). The second kappa shape index (κ2) is 5.50. The van der Waals surface area contributed by atoms with E-state index in [0.29, 0.717) is 5.92 Å². The Kier molecular flexibility index (Phi) is 4.22. The second-order valence-corrected chi connectivity index (χ2v) is 6.00. The molecule has 3 nitrogen and oxygen atoms in total. The van der Waals surface area contributed by atoms with E-state index in [1.54, 1.807) is 0 Å². The molecule has 1 aromatic rings. The third-order valence-corrected chi connectivity index (χ3v) is 4.47. The predicted octanol–water partition coefficient (Wildman–Crippen LogP) is 3.01. The molecular weight excluding hydrogens is 348 g/mol. The molecule has 1 aliphatic rings. The molecule has 1 fully saturated rings. The molecule has 5 heteroatoms. The Morgan fingerprint density at radius 2 is 2.00 bits per heavy atom. The van der Waals surface area contributed by atoms with Crippen LogP contribution in [0.3, 0.4) is 0 Å². The van der Waals surface area contributed by atoms with Gasteiger partial charge in [-0.05, 0) is 63.0 Å². The van der Waals surface area contributed by atoms with Gasteiger partial charge in [0.25, 0.3) is 0 Å². The summed E-state index contributed by atoms with van der Waals surface area (Å²) in [5.41, 5.74) is 0.802. The molecule has 0 aromatic heterocycles. The SMILES string of the molecule is CC(C(=O)Nc1c(Br)cccc1Br)C1CNC1. The summed E-state index contributed by atoms with van der Waals surface area (Å²) in [6, 6.07) is 5.75. The van der Waals surface area contributed by atoms with Crippen molar-refractivity contribution < 1.29 is 4.79 Å². The van der Waals surface area contributed by atoms with Crippen molar-refractivity contribution in [3.63, 3.8) is 0 Å². The lowest BCUT2D eigenvalue weighted by Crippen LogP contribution is -2.48. The summed E-state index contributed by atoms with van der Waals surface area (Å²) in [6.45, 7) is 3.85. The number of anilines is 1. The van der Waals surface area contributed by atoms with Crippen molar-refractivity contribution in [1.29, 1.82) is 0 Å². The number of benzene rings is 1. The van der Waals surface area contributed by atoms with Gasteiger partial charge in [0.05, 0.1) is 5.69 Å². The molecule has 17 heavy (non-hydrogen) atoms. The fourth-order valence-electron chi connectivity index (χ4n) is 1.73. The number of nitrogens with one attached hydrogen (secondary N) is 2. The van der Waals surface area contributed by atoms with Crippen LogP contribution in [0.25, 0.3) is 0 Å². The highest BCUT2D eigenvalue weighted by Gasteiger charge is 2.29. The maximum absolute atomic E-state index is 12.1. The normalized spacial score (nSPS) is 17.4. The van der Waals surface area contributed by atoms with Gasteiger partial charge in [0.2, 0.25) is 5.91 Å². The predicted molar refractivity (Wildman–Crippen MR) is 76.0 cm³/mol. The van der Waals surface area contributed by atoms with Crippen LogP contribution in [0.4, 0.5) is 5.69 Å². The summed E-state index contributed by atoms with van der Waals surface area (Å²) in [5.74, 6) is 0.565. The molecule has 1 atom stereocenters. The van der Waals surface area contributed by atoms with Gasteiger partial charge in [-0.15, -0.1) is 0 Å². The highest BCUT2D eigenvalue weighted by atomic mass is 79.9. The van der Waals surface area contributed by atoms with E-state index in [9.17, 15) is 4.79 Å². The lowest BCUT2D eigenvalue weighted by atomic mass is 9.88. The van der Waals surface area contributed by atoms with Crippen molar-refractivity contribution in [2.75, 3.05) is 18.4 Å². The minimum absolute atomic E-state index is 0.0373. The quantitative estimate of drug-likeness (QED) is 0.868. The van der Waals surface area contributed by atoms with E-state index >= 15 is 0 Å². The number of carbonyl (C=O) groups excluding carboxylic acids is 1. The third-order valence-electron chi connectivity index (χ3n) is 3.14. The van der Waals surface area contributed by atoms with Crippen molar-refractivity contribution in [2.45, 2.75) is 6.92 Å². The molecule has 0 radical (unpaired) electrons. The Labute approximate surface area is 118 Å². The number of carbonyl (C=O) groups is 1. The number of hydrogen-bond donors (Lipinski definition) is 2. The molecule has 1 heterocycles. The first-order chi connectivity index (χ1) is 8.09. The van der Waals surface area contributed by atoms with E-state index in [1.165, 1.54) is 0 Å². The van der Waals surface area contributed by atoms with Gasteiger partial charge in [-0.25, -0.2) is 0 Å². The summed E-state index contributed by atoms with van der Waals surface area (Å²) < 4.78 is 1.78. The van der Waals surface area contributed by atoms with E-state index in [2.05, 4.69) is 42.5 Å². The summed E-state index contributed by atoms with van der Waals surface area (Å²) in [5, 5.41) is 6.15. The smallest absolute Gasteiger partial charge is 0.227 e. The maximum atomic E-state index is 12.1. The number of rotatable bonds is 3. The average molecular weight is 362 g/mol. The van der Waals surface area contributed by atoms with Gasteiger partial charge >= 0.3 is 0 Å². The fourth-order valence-corrected chi connectivity index (χ4v) is 2.93. The third kappa shape index (κ3) is 2.89. The molecule has 1 aromatic carbocycles. The minimum Gasteiger partial charge on any atom is -0.324 e. The highest BCUT2D eigenvalue weighted by molar-refractivity contribution is 9.11. The fraction of sp³-hybridized carbons (Fsp3) is 0.417. The van der Waals surface area contributed by atoms with Crippen LogP contribution in [-0.4, -0.2) is 19.0 Å². The summed E-state index contributed by atoms with van der Waals surface area (Å²) >= 11 is 6.87. The molecule has 0 aliphatic carbocycles. The number of amides is 1. The molecule has 1 aliphatic heterocycles. The van der Waals surface area contributed by atoms with E-state index in [1.807, 2.05) is 25.1 Å². The van der Waals surface area contributed by atoms with E-state index in [-0.39, 0.29) is 11.8 Å². The summed E-state index contributed by atoms with van der Waals surface area (Å²) in [7, 11) is 0. The summed E-state index contributed by atoms with van der Waals surface area (Å²) in [4.78, 5) is 12.1. The minimum atomic E-state index is 0.0373. The molecule has 1 amide bonds.